The summed E-state index contributed by atoms with van der Waals surface area (Å²) < 4.78 is 12.3. The van der Waals surface area contributed by atoms with Crippen molar-refractivity contribution in [2.75, 3.05) is 13.2 Å². The lowest BCUT2D eigenvalue weighted by atomic mass is 10.1. The summed E-state index contributed by atoms with van der Waals surface area (Å²) in [5.41, 5.74) is 0.561. The van der Waals surface area contributed by atoms with E-state index in [1.54, 1.807) is 26.8 Å². The Morgan fingerprint density at radius 2 is 1.81 bits per heavy atom. The maximum Gasteiger partial charge on any atom is 0.407 e. The highest BCUT2D eigenvalue weighted by molar-refractivity contribution is 5.87. The number of hydrogen-bond donors (Lipinski definition) is 1. The maximum absolute atomic E-state index is 12.2. The topological polar surface area (TPSA) is 82.4 Å². The Morgan fingerprint density at radius 1 is 1.19 bits per heavy atom. The van der Waals surface area contributed by atoms with Crippen LogP contribution in [0.3, 0.4) is 0 Å². The summed E-state index contributed by atoms with van der Waals surface area (Å²) in [6, 6.07) is 1.79. The van der Waals surface area contributed by atoms with E-state index in [1.165, 1.54) is 0 Å². The molecule has 0 atom stereocenters. The molecule has 1 aromatic heterocycles. The van der Waals surface area contributed by atoms with Crippen LogP contribution >= 0.6 is 0 Å². The summed E-state index contributed by atoms with van der Waals surface area (Å²) in [6.45, 7) is 16.2. The van der Waals surface area contributed by atoms with Crippen molar-refractivity contribution in [2.45, 2.75) is 78.9 Å². The first-order chi connectivity index (χ1) is 11.8. The number of rotatable bonds is 6. The highest BCUT2D eigenvalue weighted by atomic mass is 16.6. The van der Waals surface area contributed by atoms with Gasteiger partial charge in [0.05, 0.1) is 12.1 Å². The Balaban J connectivity index is 2.51. The fourth-order valence-electron chi connectivity index (χ4n) is 2.26. The van der Waals surface area contributed by atoms with Crippen molar-refractivity contribution >= 4 is 12.1 Å². The van der Waals surface area contributed by atoms with Crippen LogP contribution in [-0.4, -0.2) is 40.6 Å². The molecular weight excluding hydrogens is 334 g/mol. The second kappa shape index (κ2) is 8.56. The molecule has 1 heterocycles. The van der Waals surface area contributed by atoms with Gasteiger partial charge in [0.15, 0.2) is 5.69 Å². The van der Waals surface area contributed by atoms with Crippen LogP contribution in [0.1, 0.15) is 83.9 Å². The van der Waals surface area contributed by atoms with Crippen molar-refractivity contribution in [1.82, 2.24) is 15.1 Å². The molecule has 0 aliphatic carbocycles. The van der Waals surface area contributed by atoms with Crippen LogP contribution in [0.15, 0.2) is 6.07 Å². The van der Waals surface area contributed by atoms with Crippen molar-refractivity contribution in [1.29, 1.82) is 0 Å². The zero-order chi connectivity index (χ0) is 20.1. The smallest absolute Gasteiger partial charge is 0.407 e. The summed E-state index contributed by atoms with van der Waals surface area (Å²) in [7, 11) is 0. The van der Waals surface area contributed by atoms with E-state index in [4.69, 9.17) is 9.47 Å². The highest BCUT2D eigenvalue weighted by Crippen LogP contribution is 2.23. The fourth-order valence-corrected chi connectivity index (χ4v) is 2.26. The van der Waals surface area contributed by atoms with Crippen molar-refractivity contribution in [2.24, 2.45) is 0 Å². The first-order valence-electron chi connectivity index (χ1n) is 9.05. The summed E-state index contributed by atoms with van der Waals surface area (Å²) >= 11 is 0. The summed E-state index contributed by atoms with van der Waals surface area (Å²) in [4.78, 5) is 23.8. The van der Waals surface area contributed by atoms with Crippen LogP contribution in [0.25, 0.3) is 0 Å². The average molecular weight is 367 g/mol. The van der Waals surface area contributed by atoms with Gasteiger partial charge in [0, 0.05) is 12.2 Å². The van der Waals surface area contributed by atoms with Gasteiger partial charge < -0.3 is 14.8 Å². The minimum Gasteiger partial charge on any atom is -0.461 e. The van der Waals surface area contributed by atoms with Gasteiger partial charge >= 0.3 is 12.1 Å². The molecular formula is C19H33N3O4. The normalized spacial score (nSPS) is 12.2. The second-order valence-corrected chi connectivity index (χ2v) is 8.61. The first-order valence-corrected chi connectivity index (χ1v) is 9.05. The number of alkyl carbamates (subject to hydrolysis) is 1. The molecule has 1 aromatic rings. The second-order valence-electron chi connectivity index (χ2n) is 8.61. The van der Waals surface area contributed by atoms with E-state index in [2.05, 4.69) is 24.3 Å². The Bertz CT molecular complexity index is 622. The van der Waals surface area contributed by atoms with Crippen LogP contribution in [0.4, 0.5) is 4.79 Å². The number of amides is 1. The molecule has 0 spiro atoms. The number of nitrogens with zero attached hydrogens (tertiary/aromatic N) is 2. The van der Waals surface area contributed by atoms with Gasteiger partial charge in [0.2, 0.25) is 0 Å². The van der Waals surface area contributed by atoms with Crippen molar-refractivity contribution in [3.8, 4) is 0 Å². The average Bonchev–Trinajstić information content (AvgIpc) is 2.90. The van der Waals surface area contributed by atoms with Gasteiger partial charge in [0.1, 0.15) is 5.60 Å². The molecule has 0 fully saturated rings. The standard InChI is InChI=1S/C19H33N3O4/c1-13(2)15-12-14(21-22(15)18(3,4)5)16(23)25-11-9-10-20-17(24)26-19(6,7)8/h12-13H,9-11H2,1-8H3,(H,20,24). The molecule has 26 heavy (non-hydrogen) atoms. The molecule has 0 radical (unpaired) electrons. The lowest BCUT2D eigenvalue weighted by Crippen LogP contribution is -2.33. The van der Waals surface area contributed by atoms with E-state index in [0.717, 1.165) is 5.69 Å². The minimum absolute atomic E-state index is 0.202. The molecule has 0 unspecified atom stereocenters. The molecule has 1 N–H and O–H groups in total. The lowest BCUT2D eigenvalue weighted by molar-refractivity contribution is 0.0477. The fraction of sp³-hybridized carbons (Fsp3) is 0.737. The number of esters is 1. The van der Waals surface area contributed by atoms with Gasteiger partial charge in [-0.25, -0.2) is 9.59 Å². The monoisotopic (exact) mass is 367 g/mol. The predicted octanol–water partition coefficient (Wildman–Crippen LogP) is 3.83. The Labute approximate surface area is 156 Å². The molecule has 7 nitrogen and oxygen atoms in total. The Morgan fingerprint density at radius 3 is 2.27 bits per heavy atom. The van der Waals surface area contributed by atoms with Crippen molar-refractivity contribution in [3.63, 3.8) is 0 Å². The molecule has 0 saturated heterocycles. The van der Waals surface area contributed by atoms with Gasteiger partial charge in [-0.3, -0.25) is 4.68 Å². The molecule has 0 aliphatic heterocycles. The van der Waals surface area contributed by atoms with Gasteiger partial charge in [-0.2, -0.15) is 5.10 Å². The largest absolute Gasteiger partial charge is 0.461 e. The quantitative estimate of drug-likeness (QED) is 0.610. The first kappa shape index (κ1) is 22.0. The number of nitrogens with one attached hydrogen (secondary N) is 1. The molecule has 0 saturated carbocycles. The predicted molar refractivity (Wildman–Crippen MR) is 100 cm³/mol. The molecule has 1 rings (SSSR count). The van der Waals surface area contributed by atoms with Crippen molar-refractivity contribution < 1.29 is 19.1 Å². The van der Waals surface area contributed by atoms with Crippen LogP contribution < -0.4 is 5.32 Å². The molecule has 7 heteroatoms. The van der Waals surface area contributed by atoms with E-state index in [1.807, 2.05) is 25.5 Å². The zero-order valence-corrected chi connectivity index (χ0v) is 17.3. The lowest BCUT2D eigenvalue weighted by Gasteiger charge is -2.23. The molecule has 148 valence electrons. The molecule has 0 bridgehead atoms. The van der Waals surface area contributed by atoms with Gasteiger partial charge in [0.25, 0.3) is 0 Å². The minimum atomic E-state index is -0.531. The third-order valence-corrected chi connectivity index (χ3v) is 3.40. The van der Waals surface area contributed by atoms with Gasteiger partial charge in [-0.05, 0) is 59.9 Å². The number of hydrogen-bond acceptors (Lipinski definition) is 5. The highest BCUT2D eigenvalue weighted by Gasteiger charge is 2.24. The third kappa shape index (κ3) is 7.06. The summed E-state index contributed by atoms with van der Waals surface area (Å²) in [6.07, 6.45) is 0.0245. The van der Waals surface area contributed by atoms with Crippen LogP contribution in [-0.2, 0) is 15.0 Å². The van der Waals surface area contributed by atoms with E-state index < -0.39 is 17.7 Å². The molecule has 0 aromatic carbocycles. The molecule has 1 amide bonds. The van der Waals surface area contributed by atoms with Crippen LogP contribution in [0, 0.1) is 0 Å². The van der Waals surface area contributed by atoms with E-state index in [0.29, 0.717) is 18.7 Å². The SMILES string of the molecule is CC(C)c1cc(C(=O)OCCCNC(=O)OC(C)(C)C)nn1C(C)(C)C. The van der Waals surface area contributed by atoms with E-state index in [-0.39, 0.29) is 18.1 Å². The van der Waals surface area contributed by atoms with E-state index >= 15 is 0 Å². The van der Waals surface area contributed by atoms with Gasteiger partial charge in [-0.1, -0.05) is 13.8 Å². The summed E-state index contributed by atoms with van der Waals surface area (Å²) in [5, 5.41) is 7.05. The van der Waals surface area contributed by atoms with Gasteiger partial charge in [-0.15, -0.1) is 0 Å². The summed E-state index contributed by atoms with van der Waals surface area (Å²) in [5.74, 6) is -0.200. The molecule has 0 aliphatic rings. The maximum atomic E-state index is 12.2. The number of ether oxygens (including phenoxy) is 2. The number of aromatic nitrogens is 2. The number of carbonyl (C=O) groups excluding carboxylic acids is 2. The van der Waals surface area contributed by atoms with Crippen LogP contribution in [0.5, 0.6) is 0 Å². The number of carbonyl (C=O) groups is 2. The van der Waals surface area contributed by atoms with E-state index in [9.17, 15) is 9.59 Å². The van der Waals surface area contributed by atoms with Crippen LogP contribution in [0.2, 0.25) is 0 Å². The third-order valence-electron chi connectivity index (χ3n) is 3.40. The van der Waals surface area contributed by atoms with Crippen molar-refractivity contribution in [3.05, 3.63) is 17.5 Å². The Kier molecular flexibility index (Phi) is 7.24. The Hall–Kier alpha value is -2.05. The zero-order valence-electron chi connectivity index (χ0n) is 17.3.